The molecule has 2 atom stereocenters. The average molecular weight is 549 g/mol. The highest BCUT2D eigenvalue weighted by Gasteiger charge is 2.20. The Hall–Kier alpha value is -4.28. The van der Waals surface area contributed by atoms with Crippen LogP contribution in [0.1, 0.15) is 0 Å². The van der Waals surface area contributed by atoms with Gasteiger partial charge in [0.15, 0.2) is 12.5 Å². The molecule has 2 heterocycles. The lowest BCUT2D eigenvalue weighted by Crippen LogP contribution is -2.36. The molecule has 212 valence electrons. The van der Waals surface area contributed by atoms with Crippen molar-refractivity contribution in [2.24, 2.45) is 0 Å². The Balaban J connectivity index is 1.38. The maximum absolute atomic E-state index is 12.6. The number of nitrogens with zero attached hydrogens (tertiary/aromatic N) is 4. The van der Waals surface area contributed by atoms with Crippen LogP contribution < -0.4 is 9.47 Å². The van der Waals surface area contributed by atoms with Gasteiger partial charge in [-0.25, -0.2) is 9.59 Å². The van der Waals surface area contributed by atoms with Crippen LogP contribution in [0.5, 0.6) is 11.5 Å². The number of likely N-dealkylation sites (N-methyl/N-ethyl adjacent to an activating group) is 2. The van der Waals surface area contributed by atoms with Crippen LogP contribution in [0.3, 0.4) is 0 Å². The van der Waals surface area contributed by atoms with Crippen molar-refractivity contribution >= 4 is 33.7 Å². The van der Waals surface area contributed by atoms with Gasteiger partial charge in [0.05, 0.1) is 38.3 Å². The molecule has 40 heavy (non-hydrogen) atoms. The van der Waals surface area contributed by atoms with E-state index in [0.717, 1.165) is 45.5 Å². The van der Waals surface area contributed by atoms with Crippen LogP contribution in [-0.4, -0.2) is 85.7 Å². The van der Waals surface area contributed by atoms with E-state index in [1.807, 2.05) is 98.2 Å². The van der Waals surface area contributed by atoms with E-state index >= 15 is 0 Å². The highest BCUT2D eigenvalue weighted by atomic mass is 16.6. The Labute approximate surface area is 233 Å². The second-order valence-electron chi connectivity index (χ2n) is 9.77. The number of methoxy groups -OCH3 is 2. The number of esters is 2. The number of hydrogen-bond acceptors (Lipinski definition) is 8. The van der Waals surface area contributed by atoms with Gasteiger partial charge in [0.1, 0.15) is 11.5 Å². The fraction of sp³-hybridized carbons (Fsp3) is 0.333. The molecule has 2 aromatic carbocycles. The fourth-order valence-corrected chi connectivity index (χ4v) is 4.50. The predicted octanol–water partition coefficient (Wildman–Crippen LogP) is 3.73. The number of fused-ring (bicyclic) bond motifs is 2. The van der Waals surface area contributed by atoms with Crippen molar-refractivity contribution in [1.82, 2.24) is 18.9 Å². The van der Waals surface area contributed by atoms with Crippen molar-refractivity contribution in [3.63, 3.8) is 0 Å². The van der Waals surface area contributed by atoms with E-state index in [-0.39, 0.29) is 0 Å². The molecular weight excluding hydrogens is 512 g/mol. The molecule has 0 amide bonds. The van der Waals surface area contributed by atoms with E-state index in [0.29, 0.717) is 13.1 Å². The monoisotopic (exact) mass is 548 g/mol. The molecule has 0 N–H and O–H groups in total. The number of benzene rings is 2. The molecule has 0 radical (unpaired) electrons. The maximum Gasteiger partial charge on any atom is 0.332 e. The van der Waals surface area contributed by atoms with Crippen LogP contribution >= 0.6 is 0 Å². The molecule has 4 rings (SSSR count). The Morgan fingerprint density at radius 3 is 1.45 bits per heavy atom. The minimum atomic E-state index is -0.644. The summed E-state index contributed by atoms with van der Waals surface area (Å²) in [6, 6.07) is 15.5. The summed E-state index contributed by atoms with van der Waals surface area (Å²) >= 11 is 0. The summed E-state index contributed by atoms with van der Waals surface area (Å²) in [5, 5.41) is 1.94. The third-order valence-corrected chi connectivity index (χ3v) is 6.70. The van der Waals surface area contributed by atoms with Crippen molar-refractivity contribution in [2.75, 3.05) is 42.4 Å². The Bertz CT molecular complexity index is 1390. The van der Waals surface area contributed by atoms with Crippen molar-refractivity contribution in [3.05, 3.63) is 73.1 Å². The molecule has 0 spiro atoms. The Kier molecular flexibility index (Phi) is 9.13. The van der Waals surface area contributed by atoms with E-state index in [1.165, 1.54) is 0 Å². The zero-order valence-corrected chi connectivity index (χ0v) is 23.7. The number of carbonyl (C=O) groups excluding carboxylic acids is 2. The molecule has 2 aromatic heterocycles. The number of carbonyl (C=O) groups is 2. The summed E-state index contributed by atoms with van der Waals surface area (Å²) in [5.41, 5.74) is 1.93. The topological polar surface area (TPSA) is 87.4 Å². The summed E-state index contributed by atoms with van der Waals surface area (Å²) in [7, 11) is 10.6. The smallest absolute Gasteiger partial charge is 0.332 e. The number of aromatic nitrogens is 2. The Morgan fingerprint density at radius 2 is 1.10 bits per heavy atom. The van der Waals surface area contributed by atoms with E-state index in [9.17, 15) is 9.59 Å². The zero-order chi connectivity index (χ0) is 28.8. The molecule has 0 saturated carbocycles. The van der Waals surface area contributed by atoms with Gasteiger partial charge in [-0.2, -0.15) is 0 Å². The van der Waals surface area contributed by atoms with Crippen LogP contribution in [0.4, 0.5) is 0 Å². The fourth-order valence-electron chi connectivity index (χ4n) is 4.50. The molecule has 10 heteroatoms. The summed E-state index contributed by atoms with van der Waals surface area (Å²) in [6.07, 6.45) is 4.91. The van der Waals surface area contributed by atoms with Gasteiger partial charge >= 0.3 is 11.9 Å². The second-order valence-corrected chi connectivity index (χ2v) is 9.77. The van der Waals surface area contributed by atoms with Crippen LogP contribution in [-0.2, 0) is 32.2 Å². The first-order chi connectivity index (χ1) is 19.2. The third-order valence-electron chi connectivity index (χ3n) is 6.70. The van der Waals surface area contributed by atoms with E-state index in [2.05, 4.69) is 0 Å². The maximum atomic E-state index is 12.6. The van der Waals surface area contributed by atoms with Gasteiger partial charge in [-0.15, -0.1) is 0 Å². The van der Waals surface area contributed by atoms with Crippen LogP contribution in [0.25, 0.3) is 21.8 Å². The Morgan fingerprint density at radius 1 is 0.700 bits per heavy atom. The molecule has 4 aromatic rings. The minimum Gasteiger partial charge on any atom is -0.496 e. The van der Waals surface area contributed by atoms with E-state index in [1.54, 1.807) is 24.0 Å². The first-order valence-electron chi connectivity index (χ1n) is 12.9. The largest absolute Gasteiger partial charge is 0.496 e. The number of hydrogen-bond donors (Lipinski definition) is 0. The van der Waals surface area contributed by atoms with Gasteiger partial charge in [-0.3, -0.25) is 9.80 Å². The van der Waals surface area contributed by atoms with E-state index < -0.39 is 24.4 Å². The van der Waals surface area contributed by atoms with Gasteiger partial charge in [0.25, 0.3) is 0 Å². The molecule has 0 fully saturated rings. The molecular formula is C30H36N4O6. The predicted molar refractivity (Wildman–Crippen MR) is 153 cm³/mol. The van der Waals surface area contributed by atoms with E-state index in [4.69, 9.17) is 18.9 Å². The van der Waals surface area contributed by atoms with Gasteiger partial charge in [-0.05, 0) is 64.6 Å². The van der Waals surface area contributed by atoms with Crippen LogP contribution in [0, 0.1) is 0 Å². The van der Waals surface area contributed by atoms with Gasteiger partial charge in [0, 0.05) is 35.3 Å². The van der Waals surface area contributed by atoms with Gasteiger partial charge in [0.2, 0.25) is 0 Å². The third kappa shape index (κ3) is 6.47. The SMILES string of the molecule is COc1cccc2c1ccn2CC(OC(=O)/C=C/C(=O)OC(Cn1ccc2c(OC)cccc21)N(C)C)N(C)C. The number of ether oxygens (including phenoxy) is 4. The van der Waals surface area contributed by atoms with Crippen LogP contribution in [0.2, 0.25) is 0 Å². The quantitative estimate of drug-likeness (QED) is 0.150. The highest BCUT2D eigenvalue weighted by molar-refractivity contribution is 5.92. The average Bonchev–Trinajstić information content (AvgIpc) is 3.55. The van der Waals surface area contributed by atoms with Crippen LogP contribution in [0.15, 0.2) is 73.1 Å². The molecule has 0 aliphatic carbocycles. The highest BCUT2D eigenvalue weighted by Crippen LogP contribution is 2.28. The molecule has 0 saturated heterocycles. The van der Waals surface area contributed by atoms with Crippen molar-refractivity contribution in [3.8, 4) is 11.5 Å². The van der Waals surface area contributed by atoms with Crippen molar-refractivity contribution in [1.29, 1.82) is 0 Å². The van der Waals surface area contributed by atoms with Gasteiger partial charge < -0.3 is 28.1 Å². The van der Waals surface area contributed by atoms with Crippen molar-refractivity contribution in [2.45, 2.75) is 25.5 Å². The summed E-state index contributed by atoms with van der Waals surface area (Å²) in [6.45, 7) is 0.790. The minimum absolute atomic E-state index is 0.395. The normalized spacial score (nSPS) is 13.3. The lowest BCUT2D eigenvalue weighted by atomic mass is 10.2. The van der Waals surface area contributed by atoms with Crippen molar-refractivity contribution < 1.29 is 28.5 Å². The lowest BCUT2D eigenvalue weighted by molar-refractivity contribution is -0.154. The molecule has 10 nitrogen and oxygen atoms in total. The lowest BCUT2D eigenvalue weighted by Gasteiger charge is -2.25. The first-order valence-corrected chi connectivity index (χ1v) is 12.9. The zero-order valence-electron chi connectivity index (χ0n) is 23.7. The number of rotatable bonds is 12. The summed E-state index contributed by atoms with van der Waals surface area (Å²) in [5.74, 6) is 0.262. The standard InChI is InChI=1S/C30H36N4O6/c1-31(2)27(19-33-17-15-21-23(33)9-7-11-25(21)37-5)39-29(35)13-14-30(36)40-28(32(3)4)20-34-18-16-22-24(34)10-8-12-26(22)38-6/h7-18,27-28H,19-20H2,1-6H3/b14-13+. The summed E-state index contributed by atoms with van der Waals surface area (Å²) in [4.78, 5) is 28.9. The van der Waals surface area contributed by atoms with Gasteiger partial charge in [-0.1, -0.05) is 12.1 Å². The second kappa shape index (κ2) is 12.7. The molecule has 0 aliphatic rings. The molecule has 0 bridgehead atoms. The molecule has 0 aliphatic heterocycles. The summed E-state index contributed by atoms with van der Waals surface area (Å²) < 4.78 is 26.2. The first kappa shape index (κ1) is 28.7. The molecule has 2 unspecified atom stereocenters.